The minimum absolute atomic E-state index is 0.0515. The van der Waals surface area contributed by atoms with E-state index in [2.05, 4.69) is 0 Å². The summed E-state index contributed by atoms with van der Waals surface area (Å²) < 4.78 is 4.83. The molecule has 0 radical (unpaired) electrons. The van der Waals surface area contributed by atoms with Crippen LogP contribution in [0.25, 0.3) is 0 Å². The zero-order valence-corrected chi connectivity index (χ0v) is 5.53. The second-order valence-corrected chi connectivity index (χ2v) is 2.69. The number of carbonyl (C=O) groups excluding carboxylic acids is 1. The van der Waals surface area contributed by atoms with Gasteiger partial charge in [0.25, 0.3) is 0 Å². The molecule has 2 nitrogen and oxygen atoms in total. The highest BCUT2D eigenvalue weighted by Crippen LogP contribution is 2.21. The maximum Gasteiger partial charge on any atom is 0.307 e. The van der Waals surface area contributed by atoms with Gasteiger partial charge in [-0.05, 0) is 6.26 Å². The average Bonchev–Trinajstić information content (AvgIpc) is 2.14. The predicted octanol–water partition coefficient (Wildman–Crippen LogP) is 1.01. The lowest BCUT2D eigenvalue weighted by Crippen LogP contribution is -1.99. The fourth-order valence-electron chi connectivity index (χ4n) is 0.666. The second-order valence-electron chi connectivity index (χ2n) is 1.69. The maximum atomic E-state index is 10.4. The van der Waals surface area contributed by atoms with E-state index >= 15 is 0 Å². The molecule has 0 aromatic rings. The van der Waals surface area contributed by atoms with Crippen molar-refractivity contribution in [2.45, 2.75) is 18.3 Å². The Balaban J connectivity index is 2.32. The molecular weight excluding hydrogens is 124 g/mol. The summed E-state index contributed by atoms with van der Waals surface area (Å²) >= 11 is 1.59. The van der Waals surface area contributed by atoms with Crippen LogP contribution in [0.1, 0.15) is 12.8 Å². The number of esters is 1. The third-order valence-electron chi connectivity index (χ3n) is 1.11. The van der Waals surface area contributed by atoms with Crippen molar-refractivity contribution in [3.05, 3.63) is 0 Å². The largest absolute Gasteiger partial charge is 0.451 e. The SMILES string of the molecule is CSC1CCC(=O)O1. The molecule has 0 aromatic heterocycles. The molecule has 3 heteroatoms. The Morgan fingerprint density at radius 2 is 2.62 bits per heavy atom. The van der Waals surface area contributed by atoms with Gasteiger partial charge in [-0.15, -0.1) is 11.8 Å². The van der Waals surface area contributed by atoms with Gasteiger partial charge in [-0.2, -0.15) is 0 Å². The van der Waals surface area contributed by atoms with Gasteiger partial charge < -0.3 is 4.74 Å². The molecule has 0 bridgehead atoms. The fourth-order valence-corrected chi connectivity index (χ4v) is 1.22. The average molecular weight is 132 g/mol. The summed E-state index contributed by atoms with van der Waals surface area (Å²) in [4.78, 5) is 10.4. The zero-order valence-electron chi connectivity index (χ0n) is 4.72. The molecule has 1 saturated heterocycles. The van der Waals surface area contributed by atoms with E-state index in [1.54, 1.807) is 11.8 Å². The number of ether oxygens (including phenoxy) is 1. The number of rotatable bonds is 1. The van der Waals surface area contributed by atoms with Gasteiger partial charge in [0.2, 0.25) is 0 Å². The monoisotopic (exact) mass is 132 g/mol. The molecule has 0 aromatic carbocycles. The van der Waals surface area contributed by atoms with E-state index < -0.39 is 0 Å². The highest BCUT2D eigenvalue weighted by atomic mass is 32.2. The summed E-state index contributed by atoms with van der Waals surface area (Å²) in [6.45, 7) is 0. The van der Waals surface area contributed by atoms with E-state index in [0.29, 0.717) is 6.42 Å². The lowest BCUT2D eigenvalue weighted by Gasteiger charge is -2.01. The molecule has 0 saturated carbocycles. The van der Waals surface area contributed by atoms with Crippen LogP contribution >= 0.6 is 11.8 Å². The number of cyclic esters (lactones) is 1. The van der Waals surface area contributed by atoms with Crippen LogP contribution in [-0.2, 0) is 9.53 Å². The van der Waals surface area contributed by atoms with Gasteiger partial charge in [-0.25, -0.2) is 0 Å². The lowest BCUT2D eigenvalue weighted by atomic mass is 10.4. The van der Waals surface area contributed by atoms with Crippen LogP contribution in [0.5, 0.6) is 0 Å². The molecule has 0 amide bonds. The van der Waals surface area contributed by atoms with Crippen LogP contribution in [0.15, 0.2) is 0 Å². The minimum atomic E-state index is -0.0515. The maximum absolute atomic E-state index is 10.4. The molecule has 1 unspecified atom stereocenters. The molecule has 1 heterocycles. The van der Waals surface area contributed by atoms with Crippen molar-refractivity contribution in [1.29, 1.82) is 0 Å². The second kappa shape index (κ2) is 2.40. The van der Waals surface area contributed by atoms with Crippen LogP contribution in [0.4, 0.5) is 0 Å². The molecule has 0 spiro atoms. The van der Waals surface area contributed by atoms with Crippen LogP contribution in [0.2, 0.25) is 0 Å². The summed E-state index contributed by atoms with van der Waals surface area (Å²) in [6, 6.07) is 0. The summed E-state index contributed by atoms with van der Waals surface area (Å²) in [5, 5.41) is 0. The number of thioether (sulfide) groups is 1. The third-order valence-corrected chi connectivity index (χ3v) is 1.97. The number of hydrogen-bond acceptors (Lipinski definition) is 3. The molecule has 46 valence electrons. The van der Waals surface area contributed by atoms with Crippen LogP contribution in [0.3, 0.4) is 0 Å². The van der Waals surface area contributed by atoms with Crippen molar-refractivity contribution in [2.24, 2.45) is 0 Å². The van der Waals surface area contributed by atoms with Crippen molar-refractivity contribution in [2.75, 3.05) is 6.26 Å². The molecule has 1 rings (SSSR count). The molecule has 1 fully saturated rings. The van der Waals surface area contributed by atoms with Gasteiger partial charge >= 0.3 is 5.97 Å². The first kappa shape index (κ1) is 5.95. The Hall–Kier alpha value is -0.180. The first-order valence-corrected chi connectivity index (χ1v) is 3.84. The van der Waals surface area contributed by atoms with E-state index in [0.717, 1.165) is 6.42 Å². The van der Waals surface area contributed by atoms with Gasteiger partial charge in [0.1, 0.15) is 5.44 Å². The van der Waals surface area contributed by atoms with Crippen LogP contribution < -0.4 is 0 Å². The third kappa shape index (κ3) is 1.15. The molecule has 1 atom stereocenters. The predicted molar refractivity (Wildman–Crippen MR) is 32.6 cm³/mol. The topological polar surface area (TPSA) is 26.3 Å². The summed E-state index contributed by atoms with van der Waals surface area (Å²) in [7, 11) is 0. The normalized spacial score (nSPS) is 28.1. The van der Waals surface area contributed by atoms with E-state index in [4.69, 9.17) is 4.74 Å². The Bertz CT molecular complexity index is 103. The first-order chi connectivity index (χ1) is 3.83. The Morgan fingerprint density at radius 3 is 2.88 bits per heavy atom. The van der Waals surface area contributed by atoms with Gasteiger partial charge in [0, 0.05) is 12.8 Å². The Kier molecular flexibility index (Phi) is 1.78. The van der Waals surface area contributed by atoms with Crippen molar-refractivity contribution < 1.29 is 9.53 Å². The zero-order chi connectivity index (χ0) is 5.98. The molecule has 0 aliphatic carbocycles. The fraction of sp³-hybridized carbons (Fsp3) is 0.800. The lowest BCUT2D eigenvalue weighted by molar-refractivity contribution is -0.138. The van der Waals surface area contributed by atoms with Crippen molar-refractivity contribution in [3.63, 3.8) is 0 Å². The number of carbonyl (C=O) groups is 1. The van der Waals surface area contributed by atoms with Gasteiger partial charge in [-0.1, -0.05) is 0 Å². The van der Waals surface area contributed by atoms with Crippen molar-refractivity contribution in [3.8, 4) is 0 Å². The summed E-state index contributed by atoms with van der Waals surface area (Å²) in [5.41, 5.74) is 0.141. The van der Waals surface area contributed by atoms with Gasteiger partial charge in [0.05, 0.1) is 0 Å². The van der Waals surface area contributed by atoms with E-state index in [1.807, 2.05) is 6.26 Å². The molecule has 1 aliphatic rings. The minimum Gasteiger partial charge on any atom is -0.451 e. The van der Waals surface area contributed by atoms with Gasteiger partial charge in [-0.3, -0.25) is 4.79 Å². The van der Waals surface area contributed by atoms with Crippen LogP contribution in [0, 0.1) is 0 Å². The summed E-state index contributed by atoms with van der Waals surface area (Å²) in [5.74, 6) is -0.0515. The Labute approximate surface area is 52.6 Å². The van der Waals surface area contributed by atoms with Crippen LogP contribution in [-0.4, -0.2) is 17.7 Å². The Morgan fingerprint density at radius 1 is 1.88 bits per heavy atom. The molecular formula is C5H8O2S. The van der Waals surface area contributed by atoms with Crippen molar-refractivity contribution >= 4 is 17.7 Å². The molecule has 0 N–H and O–H groups in total. The highest BCUT2D eigenvalue weighted by molar-refractivity contribution is 7.99. The van der Waals surface area contributed by atoms with Crippen molar-refractivity contribution in [1.82, 2.24) is 0 Å². The standard InChI is InChI=1S/C5H8O2S/c1-8-5-3-2-4(6)7-5/h5H,2-3H2,1H3. The quantitative estimate of drug-likeness (QED) is 0.498. The first-order valence-electron chi connectivity index (χ1n) is 2.55. The molecule has 8 heavy (non-hydrogen) atoms. The highest BCUT2D eigenvalue weighted by Gasteiger charge is 2.21. The number of hydrogen-bond donors (Lipinski definition) is 0. The smallest absolute Gasteiger partial charge is 0.307 e. The van der Waals surface area contributed by atoms with Gasteiger partial charge in [0.15, 0.2) is 0 Å². The van der Waals surface area contributed by atoms with E-state index in [9.17, 15) is 4.79 Å². The molecule has 1 aliphatic heterocycles. The summed E-state index contributed by atoms with van der Waals surface area (Å²) in [6.07, 6.45) is 3.44. The van der Waals surface area contributed by atoms with E-state index in [-0.39, 0.29) is 11.4 Å². The van der Waals surface area contributed by atoms with E-state index in [1.165, 1.54) is 0 Å².